The van der Waals surface area contributed by atoms with Crippen molar-refractivity contribution in [3.8, 4) is 22.7 Å². The van der Waals surface area contributed by atoms with E-state index in [1.807, 2.05) is 36.4 Å². The van der Waals surface area contributed by atoms with Crippen LogP contribution in [0.15, 0.2) is 87.9 Å². The molecule has 2 amide bonds. The molecule has 5 aromatic rings. The molecule has 2 N–H and O–H groups in total. The van der Waals surface area contributed by atoms with E-state index in [-0.39, 0.29) is 18.4 Å². The average Bonchev–Trinajstić information content (AvgIpc) is 3.50. The first kappa shape index (κ1) is 23.7. The van der Waals surface area contributed by atoms with Crippen LogP contribution >= 0.6 is 0 Å². The minimum Gasteiger partial charge on any atom is -0.441 e. The summed E-state index contributed by atoms with van der Waals surface area (Å²) in [5, 5.41) is 9.82. The second-order valence-corrected chi connectivity index (χ2v) is 8.25. The predicted molar refractivity (Wildman–Crippen MR) is 137 cm³/mol. The van der Waals surface area contributed by atoms with Gasteiger partial charge in [0.25, 0.3) is 11.8 Å². The Hall–Kier alpha value is -5.05. The van der Waals surface area contributed by atoms with Gasteiger partial charge in [-0.05, 0) is 38.1 Å². The maximum absolute atomic E-state index is 13.1. The van der Waals surface area contributed by atoms with E-state index < -0.39 is 0 Å². The molecule has 3 aromatic heterocycles. The number of carbonyl (C=O) groups is 2. The van der Waals surface area contributed by atoms with Gasteiger partial charge in [0.1, 0.15) is 34.2 Å². The first-order chi connectivity index (χ1) is 18.0. The first-order valence-electron chi connectivity index (χ1n) is 11.6. The zero-order chi connectivity index (χ0) is 25.8. The van der Waals surface area contributed by atoms with Crippen LogP contribution in [0.25, 0.3) is 22.7 Å². The van der Waals surface area contributed by atoms with Crippen molar-refractivity contribution in [2.45, 2.75) is 20.4 Å². The second-order valence-electron chi connectivity index (χ2n) is 8.25. The number of carbonyl (C=O) groups excluding carboxylic acids is 2. The summed E-state index contributed by atoms with van der Waals surface area (Å²) < 4.78 is 11.2. The molecule has 0 aliphatic carbocycles. The van der Waals surface area contributed by atoms with E-state index in [1.54, 1.807) is 56.4 Å². The fourth-order valence-corrected chi connectivity index (χ4v) is 3.85. The zero-order valence-corrected chi connectivity index (χ0v) is 20.2. The van der Waals surface area contributed by atoms with Crippen LogP contribution in [0.1, 0.15) is 38.1 Å². The molecule has 37 heavy (non-hydrogen) atoms. The Kier molecular flexibility index (Phi) is 6.58. The van der Waals surface area contributed by atoms with Crippen LogP contribution < -0.4 is 10.6 Å². The summed E-state index contributed by atoms with van der Waals surface area (Å²) in [4.78, 5) is 34.4. The van der Waals surface area contributed by atoms with Crippen LogP contribution in [0.2, 0.25) is 0 Å². The number of nitrogens with zero attached hydrogens (tertiary/aromatic N) is 3. The summed E-state index contributed by atoms with van der Waals surface area (Å²) in [7, 11) is 0. The van der Waals surface area contributed by atoms with Crippen LogP contribution in [-0.4, -0.2) is 26.9 Å². The highest BCUT2D eigenvalue weighted by Crippen LogP contribution is 2.29. The van der Waals surface area contributed by atoms with Crippen molar-refractivity contribution in [1.29, 1.82) is 0 Å². The van der Waals surface area contributed by atoms with Gasteiger partial charge in [0, 0.05) is 11.8 Å². The monoisotopic (exact) mass is 493 g/mol. The smallest absolute Gasteiger partial charge is 0.274 e. The molecular weight excluding hydrogens is 470 g/mol. The minimum atomic E-state index is -0.345. The van der Waals surface area contributed by atoms with Crippen molar-refractivity contribution in [1.82, 2.24) is 20.4 Å². The van der Waals surface area contributed by atoms with Crippen molar-refractivity contribution in [2.24, 2.45) is 0 Å². The van der Waals surface area contributed by atoms with E-state index in [0.29, 0.717) is 51.3 Å². The molecular formula is C28H23N5O4. The van der Waals surface area contributed by atoms with Gasteiger partial charge in [-0.3, -0.25) is 14.6 Å². The largest absolute Gasteiger partial charge is 0.441 e. The molecule has 9 nitrogen and oxygen atoms in total. The number of nitrogens with one attached hydrogen (secondary N) is 2. The van der Waals surface area contributed by atoms with Crippen LogP contribution in [0, 0.1) is 13.8 Å². The number of para-hydroxylation sites is 1. The van der Waals surface area contributed by atoms with Crippen molar-refractivity contribution in [3.05, 3.63) is 107 Å². The Bertz CT molecular complexity index is 1560. The lowest BCUT2D eigenvalue weighted by molar-refractivity contribution is 0.0948. The Labute approximate surface area is 212 Å². The van der Waals surface area contributed by atoms with Gasteiger partial charge >= 0.3 is 0 Å². The van der Waals surface area contributed by atoms with E-state index in [0.717, 1.165) is 5.56 Å². The number of hydrogen-bond donors (Lipinski definition) is 2. The maximum Gasteiger partial charge on any atom is 0.274 e. The van der Waals surface area contributed by atoms with E-state index in [4.69, 9.17) is 8.94 Å². The van der Waals surface area contributed by atoms with Crippen LogP contribution in [0.4, 0.5) is 5.69 Å². The minimum absolute atomic E-state index is 0.134. The molecule has 0 saturated heterocycles. The highest BCUT2D eigenvalue weighted by molar-refractivity contribution is 6.04. The number of aryl methyl sites for hydroxylation is 2. The molecule has 0 bridgehead atoms. The van der Waals surface area contributed by atoms with E-state index in [9.17, 15) is 9.59 Å². The fraction of sp³-hybridized carbons (Fsp3) is 0.107. The van der Waals surface area contributed by atoms with Gasteiger partial charge in [0.2, 0.25) is 5.89 Å². The lowest BCUT2D eigenvalue weighted by atomic mass is 10.1. The normalized spacial score (nSPS) is 10.8. The van der Waals surface area contributed by atoms with E-state index in [2.05, 4.69) is 25.8 Å². The lowest BCUT2D eigenvalue weighted by Crippen LogP contribution is -2.24. The van der Waals surface area contributed by atoms with Crippen molar-refractivity contribution < 1.29 is 18.5 Å². The molecule has 9 heteroatoms. The number of benzene rings is 2. The molecule has 0 aliphatic rings. The SMILES string of the molecule is Cc1oc(-c2ccccc2NC(=O)c2ccccn2)nc1CNC(=O)c1c(-c2ccccc2)noc1C. The van der Waals surface area contributed by atoms with Gasteiger partial charge in [-0.2, -0.15) is 0 Å². The predicted octanol–water partition coefficient (Wildman–Crippen LogP) is 5.19. The zero-order valence-electron chi connectivity index (χ0n) is 20.2. The number of hydrogen-bond acceptors (Lipinski definition) is 7. The average molecular weight is 494 g/mol. The highest BCUT2D eigenvalue weighted by atomic mass is 16.5. The van der Waals surface area contributed by atoms with Gasteiger partial charge in [-0.25, -0.2) is 4.98 Å². The van der Waals surface area contributed by atoms with Crippen molar-refractivity contribution >= 4 is 17.5 Å². The quantitative estimate of drug-likeness (QED) is 0.320. The first-order valence-corrected chi connectivity index (χ1v) is 11.6. The Morgan fingerprint density at radius 1 is 0.865 bits per heavy atom. The number of amides is 2. The number of rotatable bonds is 7. The maximum atomic E-state index is 13.1. The molecule has 0 aliphatic heterocycles. The van der Waals surface area contributed by atoms with Crippen LogP contribution in [0.3, 0.4) is 0 Å². The molecule has 0 atom stereocenters. The van der Waals surface area contributed by atoms with Gasteiger partial charge in [0.15, 0.2) is 0 Å². The summed E-state index contributed by atoms with van der Waals surface area (Å²) in [6.07, 6.45) is 1.56. The summed E-state index contributed by atoms with van der Waals surface area (Å²) in [6, 6.07) is 21.7. The van der Waals surface area contributed by atoms with Crippen molar-refractivity contribution in [2.75, 3.05) is 5.32 Å². The topological polar surface area (TPSA) is 123 Å². The molecule has 0 fully saturated rings. The summed E-state index contributed by atoms with van der Waals surface area (Å²) in [5.74, 6) is 0.620. The molecule has 3 heterocycles. The van der Waals surface area contributed by atoms with Gasteiger partial charge < -0.3 is 19.6 Å². The van der Waals surface area contributed by atoms with Crippen LogP contribution in [0.5, 0.6) is 0 Å². The summed E-state index contributed by atoms with van der Waals surface area (Å²) >= 11 is 0. The van der Waals surface area contributed by atoms with Crippen LogP contribution in [-0.2, 0) is 6.54 Å². The second kappa shape index (κ2) is 10.3. The standard InChI is InChI=1S/C28H23N5O4/c1-17-23(16-30-27(35)24-18(2)37-33-25(24)19-10-4-3-5-11-19)32-28(36-17)20-12-6-7-13-21(20)31-26(34)22-14-8-9-15-29-22/h3-15H,16H2,1-2H3,(H,30,35)(H,31,34). The molecule has 2 aromatic carbocycles. The van der Waals surface area contributed by atoms with Gasteiger partial charge in [0.05, 0.1) is 17.8 Å². The number of oxazole rings is 1. The summed E-state index contributed by atoms with van der Waals surface area (Å²) in [5.41, 5.74) is 3.62. The molecule has 0 radical (unpaired) electrons. The third-order valence-corrected chi connectivity index (χ3v) is 5.75. The van der Waals surface area contributed by atoms with Gasteiger partial charge in [-0.1, -0.05) is 53.7 Å². The number of pyridine rings is 1. The van der Waals surface area contributed by atoms with Crippen molar-refractivity contribution in [3.63, 3.8) is 0 Å². The molecule has 0 unspecified atom stereocenters. The Morgan fingerprint density at radius 2 is 1.62 bits per heavy atom. The molecule has 5 rings (SSSR count). The molecule has 0 saturated carbocycles. The Balaban J connectivity index is 1.34. The third-order valence-electron chi connectivity index (χ3n) is 5.75. The number of anilines is 1. The van der Waals surface area contributed by atoms with E-state index in [1.165, 1.54) is 0 Å². The van der Waals surface area contributed by atoms with Gasteiger partial charge in [-0.15, -0.1) is 0 Å². The lowest BCUT2D eigenvalue weighted by Gasteiger charge is -2.08. The number of aromatic nitrogens is 3. The Morgan fingerprint density at radius 3 is 2.41 bits per heavy atom. The molecule has 0 spiro atoms. The third kappa shape index (κ3) is 5.01. The highest BCUT2D eigenvalue weighted by Gasteiger charge is 2.23. The summed E-state index contributed by atoms with van der Waals surface area (Å²) in [6.45, 7) is 3.60. The molecule has 184 valence electrons. The van der Waals surface area contributed by atoms with E-state index >= 15 is 0 Å². The fourth-order valence-electron chi connectivity index (χ4n) is 3.85.